The SMILES string of the molecule is CC.COC(=O)COc1ccc(C(C)=O)cc1-c1cccc(C(F)(F)F)c1. The molecule has 0 saturated heterocycles. The van der Waals surface area contributed by atoms with Gasteiger partial charge in [0.05, 0.1) is 12.7 Å². The number of hydrogen-bond donors (Lipinski definition) is 0. The molecule has 2 aromatic rings. The lowest BCUT2D eigenvalue weighted by Crippen LogP contribution is -2.13. The minimum Gasteiger partial charge on any atom is -0.481 e. The van der Waals surface area contributed by atoms with Crippen molar-refractivity contribution in [1.82, 2.24) is 0 Å². The summed E-state index contributed by atoms with van der Waals surface area (Å²) in [5.41, 5.74) is -0.00419. The van der Waals surface area contributed by atoms with Crippen molar-refractivity contribution in [3.05, 3.63) is 53.6 Å². The van der Waals surface area contributed by atoms with Crippen molar-refractivity contribution in [2.45, 2.75) is 26.9 Å². The van der Waals surface area contributed by atoms with Crippen LogP contribution in [0.15, 0.2) is 42.5 Å². The predicted molar refractivity (Wildman–Crippen MR) is 95.7 cm³/mol. The Hall–Kier alpha value is -2.83. The molecule has 27 heavy (non-hydrogen) atoms. The van der Waals surface area contributed by atoms with Gasteiger partial charge in [0.1, 0.15) is 5.75 Å². The van der Waals surface area contributed by atoms with E-state index in [1.54, 1.807) is 0 Å². The number of esters is 1. The molecule has 7 heteroatoms. The van der Waals surface area contributed by atoms with Gasteiger partial charge < -0.3 is 9.47 Å². The number of carbonyl (C=O) groups is 2. The maximum atomic E-state index is 12.9. The van der Waals surface area contributed by atoms with Gasteiger partial charge in [-0.3, -0.25) is 4.79 Å². The Morgan fingerprint density at radius 1 is 1.04 bits per heavy atom. The number of alkyl halides is 3. The second-order valence-corrected chi connectivity index (χ2v) is 5.21. The van der Waals surface area contributed by atoms with Gasteiger partial charge in [-0.15, -0.1) is 0 Å². The quantitative estimate of drug-likeness (QED) is 0.530. The molecule has 0 radical (unpaired) electrons. The van der Waals surface area contributed by atoms with Gasteiger partial charge in [0, 0.05) is 11.1 Å². The fraction of sp³-hybridized carbons (Fsp3) is 0.300. The van der Waals surface area contributed by atoms with Crippen LogP contribution in [0.1, 0.15) is 36.7 Å². The second kappa shape index (κ2) is 9.75. The molecule has 0 aliphatic carbocycles. The first-order valence-corrected chi connectivity index (χ1v) is 8.24. The minimum atomic E-state index is -4.50. The molecule has 4 nitrogen and oxygen atoms in total. The maximum Gasteiger partial charge on any atom is 0.416 e. The van der Waals surface area contributed by atoms with Crippen LogP contribution in [0.25, 0.3) is 11.1 Å². The summed E-state index contributed by atoms with van der Waals surface area (Å²) < 4.78 is 48.6. The Kier molecular flexibility index (Phi) is 8.02. The molecule has 0 N–H and O–H groups in total. The summed E-state index contributed by atoms with van der Waals surface area (Å²) in [5, 5.41) is 0. The smallest absolute Gasteiger partial charge is 0.416 e. The van der Waals surface area contributed by atoms with Crippen molar-refractivity contribution >= 4 is 11.8 Å². The average Bonchev–Trinajstić information content (AvgIpc) is 2.66. The fourth-order valence-electron chi connectivity index (χ4n) is 2.16. The van der Waals surface area contributed by atoms with Crippen LogP contribution in [0.3, 0.4) is 0 Å². The molecule has 0 spiro atoms. The van der Waals surface area contributed by atoms with Gasteiger partial charge >= 0.3 is 12.1 Å². The third-order valence-corrected chi connectivity index (χ3v) is 3.46. The van der Waals surface area contributed by atoms with E-state index in [0.717, 1.165) is 12.1 Å². The molecule has 2 rings (SSSR count). The number of carbonyl (C=O) groups excluding carboxylic acids is 2. The summed E-state index contributed by atoms with van der Waals surface area (Å²) in [6, 6.07) is 9.01. The van der Waals surface area contributed by atoms with Crippen LogP contribution in [-0.4, -0.2) is 25.5 Å². The lowest BCUT2D eigenvalue weighted by Gasteiger charge is -2.14. The van der Waals surface area contributed by atoms with Crippen molar-refractivity contribution < 1.29 is 32.2 Å². The van der Waals surface area contributed by atoms with Crippen molar-refractivity contribution in [1.29, 1.82) is 0 Å². The number of hydrogen-bond acceptors (Lipinski definition) is 4. The van der Waals surface area contributed by atoms with E-state index in [4.69, 9.17) is 4.74 Å². The molecule has 0 aromatic heterocycles. The molecule has 0 saturated carbocycles. The van der Waals surface area contributed by atoms with E-state index in [1.807, 2.05) is 13.8 Å². The van der Waals surface area contributed by atoms with E-state index >= 15 is 0 Å². The largest absolute Gasteiger partial charge is 0.481 e. The van der Waals surface area contributed by atoms with Gasteiger partial charge in [-0.05, 0) is 42.8 Å². The standard InChI is InChI=1S/C18H15F3O4.C2H6/c1-11(22)12-6-7-16(25-10-17(23)24-2)15(9-12)13-4-3-5-14(8-13)18(19,20)21;1-2/h3-9H,10H2,1-2H3;1-2H3. The van der Waals surface area contributed by atoms with Crippen LogP contribution in [0.4, 0.5) is 13.2 Å². The van der Waals surface area contributed by atoms with Crippen LogP contribution < -0.4 is 4.74 Å². The van der Waals surface area contributed by atoms with Crippen molar-refractivity contribution in [3.8, 4) is 16.9 Å². The van der Waals surface area contributed by atoms with Gasteiger partial charge in [-0.2, -0.15) is 13.2 Å². The molecule has 0 unspecified atom stereocenters. The lowest BCUT2D eigenvalue weighted by molar-refractivity contribution is -0.143. The molecule has 0 heterocycles. The minimum absolute atomic E-state index is 0.176. The third-order valence-electron chi connectivity index (χ3n) is 3.46. The topological polar surface area (TPSA) is 52.6 Å². The average molecular weight is 382 g/mol. The molecule has 0 bridgehead atoms. The van der Waals surface area contributed by atoms with Crippen LogP contribution in [0.5, 0.6) is 5.75 Å². The van der Waals surface area contributed by atoms with Crippen molar-refractivity contribution in [3.63, 3.8) is 0 Å². The van der Waals surface area contributed by atoms with Gasteiger partial charge in [0.15, 0.2) is 12.4 Å². The molecule has 0 atom stereocenters. The first kappa shape index (κ1) is 22.2. The number of rotatable bonds is 5. The highest BCUT2D eigenvalue weighted by molar-refractivity contribution is 5.96. The Morgan fingerprint density at radius 3 is 2.26 bits per heavy atom. The van der Waals surface area contributed by atoms with E-state index in [9.17, 15) is 22.8 Å². The number of Topliss-reactive ketones (excluding diaryl/α,β-unsaturated/α-hetero) is 1. The maximum absolute atomic E-state index is 12.9. The number of methoxy groups -OCH3 is 1. The first-order chi connectivity index (χ1) is 12.7. The third kappa shape index (κ3) is 6.13. The Morgan fingerprint density at radius 2 is 1.70 bits per heavy atom. The monoisotopic (exact) mass is 382 g/mol. The van der Waals surface area contributed by atoms with Gasteiger partial charge in [-0.1, -0.05) is 26.0 Å². The van der Waals surface area contributed by atoms with Gasteiger partial charge in [0.2, 0.25) is 0 Å². The summed E-state index contributed by atoms with van der Waals surface area (Å²) in [6.45, 7) is 4.95. The summed E-state index contributed by atoms with van der Waals surface area (Å²) in [5.74, 6) is -0.701. The highest BCUT2D eigenvalue weighted by atomic mass is 19.4. The Bertz CT molecular complexity index is 798. The summed E-state index contributed by atoms with van der Waals surface area (Å²) in [4.78, 5) is 22.8. The zero-order chi connectivity index (χ0) is 20.6. The zero-order valence-electron chi connectivity index (χ0n) is 15.5. The summed E-state index contributed by atoms with van der Waals surface area (Å²) >= 11 is 0. The fourth-order valence-corrected chi connectivity index (χ4v) is 2.16. The molecule has 146 valence electrons. The number of ketones is 1. The second-order valence-electron chi connectivity index (χ2n) is 5.21. The normalized spacial score (nSPS) is 10.5. The summed E-state index contributed by atoms with van der Waals surface area (Å²) in [6.07, 6.45) is -4.50. The van der Waals surface area contributed by atoms with E-state index < -0.39 is 24.3 Å². The van der Waals surface area contributed by atoms with Crippen LogP contribution >= 0.6 is 0 Å². The Balaban J connectivity index is 0.00000176. The summed E-state index contributed by atoms with van der Waals surface area (Å²) in [7, 11) is 1.19. The van der Waals surface area contributed by atoms with E-state index in [0.29, 0.717) is 5.56 Å². The zero-order valence-corrected chi connectivity index (χ0v) is 15.5. The molecule has 0 amide bonds. The highest BCUT2D eigenvalue weighted by Crippen LogP contribution is 2.36. The molecule has 0 aliphatic heterocycles. The molecule has 2 aromatic carbocycles. The van der Waals surface area contributed by atoms with Crippen molar-refractivity contribution in [2.24, 2.45) is 0 Å². The van der Waals surface area contributed by atoms with Crippen molar-refractivity contribution in [2.75, 3.05) is 13.7 Å². The number of benzene rings is 2. The Labute approximate surface area is 155 Å². The molecule has 0 aliphatic rings. The highest BCUT2D eigenvalue weighted by Gasteiger charge is 2.30. The first-order valence-electron chi connectivity index (χ1n) is 8.24. The van der Waals surface area contributed by atoms with Crippen LogP contribution in [0.2, 0.25) is 0 Å². The van der Waals surface area contributed by atoms with E-state index in [-0.39, 0.29) is 22.7 Å². The lowest BCUT2D eigenvalue weighted by atomic mass is 9.98. The van der Waals surface area contributed by atoms with Crippen LogP contribution in [-0.2, 0) is 15.7 Å². The van der Waals surface area contributed by atoms with Gasteiger partial charge in [0.25, 0.3) is 0 Å². The van der Waals surface area contributed by atoms with E-state index in [1.165, 1.54) is 44.4 Å². The molecular weight excluding hydrogens is 361 g/mol. The van der Waals surface area contributed by atoms with Crippen LogP contribution in [0, 0.1) is 0 Å². The number of ether oxygens (including phenoxy) is 2. The van der Waals surface area contributed by atoms with Gasteiger partial charge in [-0.25, -0.2) is 4.79 Å². The molecular formula is C20H21F3O4. The predicted octanol–water partition coefficient (Wildman–Crippen LogP) is 5.15. The number of halogens is 3. The molecule has 0 fully saturated rings. The van der Waals surface area contributed by atoms with E-state index in [2.05, 4.69) is 4.74 Å².